The van der Waals surface area contributed by atoms with Gasteiger partial charge >= 0.3 is 0 Å². The molecule has 3 aliphatic rings. The van der Waals surface area contributed by atoms with Gasteiger partial charge in [-0.25, -0.2) is 0 Å². The van der Waals surface area contributed by atoms with E-state index in [2.05, 4.69) is 13.8 Å². The third-order valence-electron chi connectivity index (χ3n) is 11.0. The molecule has 0 spiro atoms. The first-order chi connectivity index (χ1) is 25.7. The predicted octanol–water partition coefficient (Wildman–Crippen LogP) is 7.39. The Labute approximate surface area is 328 Å². The maximum Gasteiger partial charge on any atom is 0.187 e. The van der Waals surface area contributed by atoms with Crippen molar-refractivity contribution in [3.63, 3.8) is 0 Å². The lowest BCUT2D eigenvalue weighted by molar-refractivity contribution is -0.193. The normalized spacial score (nSPS) is 30.5. The molecule has 0 saturated heterocycles. The average Bonchev–Trinajstić information content (AvgIpc) is 3.10. The first kappa shape index (κ1) is 45.6. The maximum absolute atomic E-state index is 13.4. The molecule has 1 saturated carbocycles. The van der Waals surface area contributed by atoms with E-state index in [4.69, 9.17) is 4.74 Å². The minimum absolute atomic E-state index is 0.142. The number of aliphatic hydroxyl groups excluding tert-OH is 5. The Bertz CT molecular complexity index is 1760. The van der Waals surface area contributed by atoms with Gasteiger partial charge in [-0.3, -0.25) is 9.59 Å². The molecule has 8 nitrogen and oxygen atoms in total. The fraction of sp³-hybridized carbons (Fsp3) is 0.489. The van der Waals surface area contributed by atoms with Gasteiger partial charge in [0.15, 0.2) is 11.6 Å². The number of carbonyl (C=O) groups is 2. The van der Waals surface area contributed by atoms with Crippen molar-refractivity contribution in [1.29, 1.82) is 0 Å². The fourth-order valence-electron chi connectivity index (χ4n) is 7.51. The largest absolute Gasteiger partial charge is 0.396 e. The van der Waals surface area contributed by atoms with Crippen molar-refractivity contribution in [3.05, 3.63) is 130 Å². The lowest BCUT2D eigenvalue weighted by atomic mass is 9.70. The van der Waals surface area contributed by atoms with Gasteiger partial charge in [-0.1, -0.05) is 135 Å². The molecule has 55 heavy (non-hydrogen) atoms. The summed E-state index contributed by atoms with van der Waals surface area (Å²) in [5, 5.41) is 50.6. The molecule has 0 heterocycles. The summed E-state index contributed by atoms with van der Waals surface area (Å²) in [6.45, 7) is 19.5. The number of Topliss-reactive ketones (excluding diaryl/α,β-unsaturated/α-hetero) is 2. The van der Waals surface area contributed by atoms with E-state index < -0.39 is 48.0 Å². The Morgan fingerprint density at radius 2 is 1.07 bits per heavy atom. The summed E-state index contributed by atoms with van der Waals surface area (Å²) in [5.74, 6) is -1.00. The third kappa shape index (κ3) is 12.4. The van der Waals surface area contributed by atoms with Crippen LogP contribution in [-0.2, 0) is 14.3 Å². The van der Waals surface area contributed by atoms with Crippen molar-refractivity contribution in [3.8, 4) is 0 Å². The molecule has 3 rings (SSSR count). The summed E-state index contributed by atoms with van der Waals surface area (Å²) in [6, 6.07) is 0. The molecule has 0 aromatic heterocycles. The van der Waals surface area contributed by atoms with Gasteiger partial charge < -0.3 is 30.3 Å². The van der Waals surface area contributed by atoms with Gasteiger partial charge in [0.2, 0.25) is 0 Å². The van der Waals surface area contributed by atoms with Crippen LogP contribution < -0.4 is 0 Å². The van der Waals surface area contributed by atoms with E-state index >= 15 is 0 Å². The molecule has 0 aromatic rings. The first-order valence-corrected chi connectivity index (χ1v) is 19.3. The zero-order chi connectivity index (χ0) is 41.2. The summed E-state index contributed by atoms with van der Waals surface area (Å²) in [5.41, 5.74) is 6.69. The van der Waals surface area contributed by atoms with Gasteiger partial charge in [0, 0.05) is 12.5 Å². The predicted molar refractivity (Wildman–Crippen MR) is 221 cm³/mol. The summed E-state index contributed by atoms with van der Waals surface area (Å²) >= 11 is 0. The third-order valence-corrected chi connectivity index (χ3v) is 11.0. The molecule has 1 fully saturated rings. The van der Waals surface area contributed by atoms with Crippen molar-refractivity contribution >= 4 is 11.6 Å². The zero-order valence-corrected chi connectivity index (χ0v) is 34.4. The second-order valence-electron chi connectivity index (χ2n) is 16.7. The molecule has 3 aliphatic carbocycles. The average molecular weight is 757 g/mol. The van der Waals surface area contributed by atoms with Crippen LogP contribution in [0.5, 0.6) is 0 Å². The van der Waals surface area contributed by atoms with Gasteiger partial charge in [-0.05, 0) is 93.9 Å². The number of aliphatic hydroxyl groups is 5. The van der Waals surface area contributed by atoms with Crippen LogP contribution in [0.1, 0.15) is 88.5 Å². The van der Waals surface area contributed by atoms with E-state index in [-0.39, 0.29) is 30.0 Å². The van der Waals surface area contributed by atoms with Crippen LogP contribution in [0.15, 0.2) is 130 Å². The number of allylic oxidation sites excluding steroid dienone is 20. The summed E-state index contributed by atoms with van der Waals surface area (Å²) in [4.78, 5) is 25.7. The molecule has 0 radical (unpaired) electrons. The molecule has 7 unspecified atom stereocenters. The molecular formula is C47H64O8. The fourth-order valence-corrected chi connectivity index (χ4v) is 7.51. The van der Waals surface area contributed by atoms with Crippen LogP contribution in [0.2, 0.25) is 0 Å². The standard InChI is InChI=1S/C47H64O8/c1-29(17-13-19-31(3)21-23-36-33(5)41(50)38(49)26-46(36,7)8)15-11-12-16-30(2)18-14-20-32(4)22-24-37-34(6)42(51)40(27-47(37,9)10)55-39-25-35(28-48)43(52)45(54)44(39)53/h11-24,35,38-40,43-45,48-49,52-54H,25-28H2,1-10H3/b12-11+,17-13+,18-14+,23-21+,24-22+,29-15+,30-16+,31-19+,32-20+. The van der Waals surface area contributed by atoms with Crippen LogP contribution in [-0.4, -0.2) is 80.3 Å². The number of hydrogen-bond donors (Lipinski definition) is 5. The molecule has 300 valence electrons. The molecule has 0 bridgehead atoms. The lowest BCUT2D eigenvalue weighted by Crippen LogP contribution is -2.56. The highest BCUT2D eigenvalue weighted by Crippen LogP contribution is 2.42. The Kier molecular flexibility index (Phi) is 16.5. The SMILES string of the molecule is CC1=C(/C=C/C(C)=C/C=C/C(C)=C/C=C/C=C(C)/C=C/C=C(C)/C=C/C2=C(C)C(=O)C(OC3CC(CO)C(O)C(O)C3O)CC2(C)C)C(C)(C)CC(O)C1=O. The molecular weight excluding hydrogens is 693 g/mol. The van der Waals surface area contributed by atoms with Crippen LogP contribution in [0.25, 0.3) is 0 Å². The number of hydrogen-bond acceptors (Lipinski definition) is 8. The summed E-state index contributed by atoms with van der Waals surface area (Å²) in [6.07, 6.45) is 22.4. The van der Waals surface area contributed by atoms with Crippen LogP contribution >= 0.6 is 0 Å². The van der Waals surface area contributed by atoms with E-state index in [0.717, 1.165) is 33.4 Å². The minimum atomic E-state index is -1.46. The van der Waals surface area contributed by atoms with E-state index in [1.165, 1.54) is 0 Å². The van der Waals surface area contributed by atoms with Crippen LogP contribution in [0.4, 0.5) is 0 Å². The van der Waals surface area contributed by atoms with Crippen LogP contribution in [0.3, 0.4) is 0 Å². The second kappa shape index (κ2) is 19.9. The Hall–Kier alpha value is -3.76. The Morgan fingerprint density at radius 1 is 0.636 bits per heavy atom. The van der Waals surface area contributed by atoms with E-state index in [0.29, 0.717) is 24.0 Å². The molecule has 0 amide bonds. The van der Waals surface area contributed by atoms with Crippen molar-refractivity contribution in [2.45, 2.75) is 125 Å². The molecule has 8 heteroatoms. The van der Waals surface area contributed by atoms with Crippen LogP contribution in [0, 0.1) is 16.7 Å². The number of carbonyl (C=O) groups excluding carboxylic acids is 2. The number of ether oxygens (including phenoxy) is 1. The zero-order valence-electron chi connectivity index (χ0n) is 34.4. The molecule has 0 aromatic carbocycles. The second-order valence-corrected chi connectivity index (χ2v) is 16.7. The van der Waals surface area contributed by atoms with Gasteiger partial charge in [0.05, 0.1) is 12.2 Å². The molecule has 5 N–H and O–H groups in total. The van der Waals surface area contributed by atoms with Gasteiger partial charge in [0.1, 0.15) is 24.4 Å². The van der Waals surface area contributed by atoms with Gasteiger partial charge in [-0.2, -0.15) is 0 Å². The summed E-state index contributed by atoms with van der Waals surface area (Å²) < 4.78 is 6.07. The highest BCUT2D eigenvalue weighted by molar-refractivity contribution is 6.01. The number of ketones is 2. The smallest absolute Gasteiger partial charge is 0.187 e. The van der Waals surface area contributed by atoms with Crippen molar-refractivity contribution in [1.82, 2.24) is 0 Å². The highest BCUT2D eigenvalue weighted by atomic mass is 16.5. The Balaban J connectivity index is 1.56. The minimum Gasteiger partial charge on any atom is -0.396 e. The molecule has 7 atom stereocenters. The monoisotopic (exact) mass is 756 g/mol. The highest BCUT2D eigenvalue weighted by Gasteiger charge is 2.46. The van der Waals surface area contributed by atoms with Gasteiger partial charge in [0.25, 0.3) is 0 Å². The van der Waals surface area contributed by atoms with E-state index in [1.54, 1.807) is 13.8 Å². The first-order valence-electron chi connectivity index (χ1n) is 19.3. The number of rotatable bonds is 13. The van der Waals surface area contributed by atoms with E-state index in [1.807, 2.05) is 127 Å². The van der Waals surface area contributed by atoms with E-state index in [9.17, 15) is 35.1 Å². The quantitative estimate of drug-likeness (QED) is 0.122. The van der Waals surface area contributed by atoms with Gasteiger partial charge in [-0.15, -0.1) is 0 Å². The lowest BCUT2D eigenvalue weighted by Gasteiger charge is -2.43. The summed E-state index contributed by atoms with van der Waals surface area (Å²) in [7, 11) is 0. The van der Waals surface area contributed by atoms with Crippen molar-refractivity contribution in [2.24, 2.45) is 16.7 Å². The maximum atomic E-state index is 13.4. The van der Waals surface area contributed by atoms with Crippen molar-refractivity contribution in [2.75, 3.05) is 6.61 Å². The molecule has 0 aliphatic heterocycles. The Morgan fingerprint density at radius 3 is 1.56 bits per heavy atom. The van der Waals surface area contributed by atoms with Crippen molar-refractivity contribution < 1.29 is 39.9 Å². The topological polar surface area (TPSA) is 145 Å².